The molecule has 2 aliphatic heterocycles. The second-order valence-corrected chi connectivity index (χ2v) is 9.07. The van der Waals surface area contributed by atoms with Crippen LogP contribution >= 0.6 is 12.4 Å². The molecule has 32 heavy (non-hydrogen) atoms. The summed E-state index contributed by atoms with van der Waals surface area (Å²) < 4.78 is 22.8. The number of carboxylic acid groups (broad SMARTS) is 1. The Morgan fingerprint density at radius 1 is 1.31 bits per heavy atom. The highest BCUT2D eigenvalue weighted by molar-refractivity contribution is 5.95. The Kier molecular flexibility index (Phi) is 6.47. The van der Waals surface area contributed by atoms with Gasteiger partial charge in [0.2, 0.25) is 5.43 Å². The lowest BCUT2D eigenvalue weighted by Gasteiger charge is -2.42. The molecule has 2 saturated heterocycles. The molecule has 0 radical (unpaired) electrons. The van der Waals surface area contributed by atoms with Gasteiger partial charge in [-0.2, -0.15) is 0 Å². The van der Waals surface area contributed by atoms with Crippen molar-refractivity contribution in [3.8, 4) is 5.75 Å². The third-order valence-electron chi connectivity index (χ3n) is 7.07. The molecule has 1 aliphatic carbocycles. The summed E-state index contributed by atoms with van der Waals surface area (Å²) in [5, 5.41) is 13.1. The monoisotopic (exact) mass is 465 g/mol. The van der Waals surface area contributed by atoms with Crippen LogP contribution in [0.4, 0.5) is 4.39 Å². The second-order valence-electron chi connectivity index (χ2n) is 9.07. The Labute approximate surface area is 191 Å². The van der Waals surface area contributed by atoms with Crippen molar-refractivity contribution in [3.05, 3.63) is 39.4 Å². The van der Waals surface area contributed by atoms with E-state index >= 15 is 4.39 Å². The highest BCUT2D eigenvalue weighted by atomic mass is 35.5. The Morgan fingerprint density at radius 2 is 2.09 bits per heavy atom. The average molecular weight is 466 g/mol. The maximum absolute atomic E-state index is 15.3. The first-order valence-corrected chi connectivity index (χ1v) is 11.1. The molecule has 7 nitrogen and oxygen atoms in total. The van der Waals surface area contributed by atoms with Gasteiger partial charge in [-0.15, -0.1) is 12.4 Å². The fraction of sp³-hybridized carbons (Fsp3) is 0.565. The van der Waals surface area contributed by atoms with Gasteiger partial charge >= 0.3 is 5.97 Å². The topological polar surface area (TPSA) is 83.8 Å². The maximum Gasteiger partial charge on any atom is 0.341 e. The number of aromatic nitrogens is 1. The lowest BCUT2D eigenvalue weighted by atomic mass is 9.85. The number of carboxylic acids is 1. The molecular formula is C23H29ClFN3O4. The Morgan fingerprint density at radius 3 is 2.78 bits per heavy atom. The molecule has 0 spiro atoms. The highest BCUT2D eigenvalue weighted by Crippen LogP contribution is 2.41. The minimum Gasteiger partial charge on any atom is -0.494 e. The maximum atomic E-state index is 15.3. The molecule has 0 amide bonds. The van der Waals surface area contributed by atoms with E-state index in [1.54, 1.807) is 4.57 Å². The van der Waals surface area contributed by atoms with Crippen LogP contribution < -0.4 is 15.5 Å². The van der Waals surface area contributed by atoms with Crippen molar-refractivity contribution in [1.82, 2.24) is 14.8 Å². The number of rotatable bonds is 5. The number of fused-ring (bicyclic) bond motifs is 2. The Balaban J connectivity index is 0.00000245. The zero-order valence-corrected chi connectivity index (χ0v) is 18.9. The lowest BCUT2D eigenvalue weighted by molar-refractivity contribution is 0.0695. The number of hydrogen-bond donors (Lipinski definition) is 2. The standard InChI is InChI=1S/C23H28FN3O4.ClH/c1-31-22-16(10-26-8-6-13-3-2-7-25-19(13)12-26)18(24)9-15-20(22)27(14-4-5-14)11-17(21(15)28)23(29)30;/h9,11,13-14,19,25H,2-8,10,12H2,1H3,(H,29,30);1H/t13-,19-;/m0./s1. The van der Waals surface area contributed by atoms with Gasteiger partial charge in [0.15, 0.2) is 5.75 Å². The number of methoxy groups -OCH3 is 1. The fourth-order valence-electron chi connectivity index (χ4n) is 5.32. The van der Waals surface area contributed by atoms with Crippen molar-refractivity contribution in [2.24, 2.45) is 5.92 Å². The number of nitrogens with zero attached hydrogens (tertiary/aromatic N) is 2. The fourth-order valence-corrected chi connectivity index (χ4v) is 5.32. The number of ether oxygens (including phenoxy) is 1. The van der Waals surface area contributed by atoms with E-state index in [0.29, 0.717) is 35.3 Å². The van der Waals surface area contributed by atoms with Crippen LogP contribution in [-0.2, 0) is 6.54 Å². The first-order chi connectivity index (χ1) is 15.0. The van der Waals surface area contributed by atoms with Crippen LogP contribution in [0.5, 0.6) is 5.75 Å². The van der Waals surface area contributed by atoms with Crippen LogP contribution in [0.1, 0.15) is 54.1 Å². The van der Waals surface area contributed by atoms with Crippen molar-refractivity contribution in [2.45, 2.75) is 50.7 Å². The van der Waals surface area contributed by atoms with Gasteiger partial charge < -0.3 is 19.7 Å². The SMILES string of the molecule is COc1c(CN2CC[C@@H]3CCCN[C@H]3C2)c(F)cc2c(=O)c(C(=O)O)cn(C3CC3)c12.Cl. The molecule has 3 fully saturated rings. The Hall–Kier alpha value is -2.16. The predicted octanol–water partition coefficient (Wildman–Crippen LogP) is 3.18. The molecule has 1 saturated carbocycles. The van der Waals surface area contributed by atoms with Gasteiger partial charge in [-0.05, 0) is 57.2 Å². The lowest BCUT2D eigenvalue weighted by Crippen LogP contribution is -2.53. The second kappa shape index (κ2) is 9.00. The van der Waals surface area contributed by atoms with Crippen molar-refractivity contribution >= 4 is 29.3 Å². The molecular weight excluding hydrogens is 437 g/mol. The van der Waals surface area contributed by atoms with Crippen molar-refractivity contribution in [2.75, 3.05) is 26.7 Å². The molecule has 2 aromatic rings. The smallest absolute Gasteiger partial charge is 0.341 e. The summed E-state index contributed by atoms with van der Waals surface area (Å²) in [5.74, 6) is -0.796. The third kappa shape index (κ3) is 4.00. The minimum atomic E-state index is -1.30. The predicted molar refractivity (Wildman–Crippen MR) is 122 cm³/mol. The summed E-state index contributed by atoms with van der Waals surface area (Å²) in [5.41, 5.74) is -0.0716. The minimum absolute atomic E-state index is 0. The molecule has 9 heteroatoms. The van der Waals surface area contributed by atoms with E-state index in [1.807, 2.05) is 0 Å². The van der Waals surface area contributed by atoms with Gasteiger partial charge in [0, 0.05) is 36.9 Å². The number of pyridine rings is 1. The van der Waals surface area contributed by atoms with Crippen molar-refractivity contribution in [3.63, 3.8) is 0 Å². The molecule has 1 aromatic carbocycles. The summed E-state index contributed by atoms with van der Waals surface area (Å²) in [6.45, 7) is 3.19. The molecule has 174 valence electrons. The van der Waals surface area contributed by atoms with Gasteiger partial charge in [-0.3, -0.25) is 9.69 Å². The van der Waals surface area contributed by atoms with E-state index in [0.717, 1.165) is 38.9 Å². The first kappa shape index (κ1) is 23.0. The summed E-state index contributed by atoms with van der Waals surface area (Å²) in [6, 6.07) is 1.74. The summed E-state index contributed by atoms with van der Waals surface area (Å²) in [4.78, 5) is 26.7. The molecule has 1 aromatic heterocycles. The quantitative estimate of drug-likeness (QED) is 0.705. The number of likely N-dealkylation sites (tertiary alicyclic amines) is 1. The molecule has 3 aliphatic rings. The van der Waals surface area contributed by atoms with E-state index in [-0.39, 0.29) is 29.4 Å². The van der Waals surface area contributed by atoms with Crippen molar-refractivity contribution in [1.29, 1.82) is 0 Å². The van der Waals surface area contributed by atoms with Gasteiger partial charge in [0.1, 0.15) is 11.4 Å². The number of piperidine rings is 2. The van der Waals surface area contributed by atoms with Crippen LogP contribution in [0.15, 0.2) is 17.1 Å². The number of carbonyl (C=O) groups is 1. The third-order valence-corrected chi connectivity index (χ3v) is 7.07. The number of aromatic carboxylic acids is 1. The average Bonchev–Trinajstić information content (AvgIpc) is 3.60. The van der Waals surface area contributed by atoms with Crippen LogP contribution in [0.25, 0.3) is 10.9 Å². The van der Waals surface area contributed by atoms with E-state index in [2.05, 4.69) is 10.2 Å². The number of hydrogen-bond acceptors (Lipinski definition) is 5. The van der Waals surface area contributed by atoms with Crippen LogP contribution in [0.3, 0.4) is 0 Å². The molecule has 0 unspecified atom stereocenters. The van der Waals surface area contributed by atoms with Gasteiger partial charge in [-0.1, -0.05) is 0 Å². The van der Waals surface area contributed by atoms with E-state index in [4.69, 9.17) is 4.74 Å². The zero-order chi connectivity index (χ0) is 21.7. The van der Waals surface area contributed by atoms with Crippen LogP contribution in [0, 0.1) is 11.7 Å². The number of halogens is 2. The first-order valence-electron chi connectivity index (χ1n) is 11.1. The molecule has 3 heterocycles. The summed E-state index contributed by atoms with van der Waals surface area (Å²) >= 11 is 0. The van der Waals surface area contributed by atoms with Gasteiger partial charge in [0.05, 0.1) is 18.0 Å². The van der Waals surface area contributed by atoms with Crippen LogP contribution in [-0.4, -0.2) is 53.3 Å². The molecule has 2 N–H and O–H groups in total. The van der Waals surface area contributed by atoms with Crippen LogP contribution in [0.2, 0.25) is 0 Å². The molecule has 0 bridgehead atoms. The number of nitrogens with one attached hydrogen (secondary N) is 1. The molecule has 2 atom stereocenters. The zero-order valence-electron chi connectivity index (χ0n) is 18.1. The summed E-state index contributed by atoms with van der Waals surface area (Å²) in [6.07, 6.45) is 6.74. The number of benzene rings is 1. The van der Waals surface area contributed by atoms with Crippen molar-refractivity contribution < 1.29 is 19.0 Å². The summed E-state index contributed by atoms with van der Waals surface area (Å²) in [7, 11) is 1.49. The molecule has 5 rings (SSSR count). The van der Waals surface area contributed by atoms with Gasteiger partial charge in [-0.25, -0.2) is 9.18 Å². The highest BCUT2D eigenvalue weighted by Gasteiger charge is 2.33. The van der Waals surface area contributed by atoms with E-state index < -0.39 is 17.2 Å². The largest absolute Gasteiger partial charge is 0.494 e. The van der Waals surface area contributed by atoms with E-state index in [9.17, 15) is 14.7 Å². The normalized spacial score (nSPS) is 23.4. The van der Waals surface area contributed by atoms with Gasteiger partial charge in [0.25, 0.3) is 0 Å². The van der Waals surface area contributed by atoms with E-state index in [1.165, 1.54) is 32.2 Å². The Bertz CT molecular complexity index is 1100.